The molecule has 0 spiro atoms. The van der Waals surface area contributed by atoms with E-state index in [4.69, 9.17) is 22.1 Å². The van der Waals surface area contributed by atoms with E-state index in [0.717, 1.165) is 12.1 Å². The van der Waals surface area contributed by atoms with Crippen molar-refractivity contribution in [3.8, 4) is 11.8 Å². The van der Waals surface area contributed by atoms with Gasteiger partial charge in [0.05, 0.1) is 0 Å². The van der Waals surface area contributed by atoms with Gasteiger partial charge in [0.1, 0.15) is 5.75 Å². The Labute approximate surface area is 105 Å². The van der Waals surface area contributed by atoms with Crippen LogP contribution < -0.4 is 10.5 Å². The maximum Gasteiger partial charge on any atom is 0.301 e. The third-order valence-corrected chi connectivity index (χ3v) is 2.82. The van der Waals surface area contributed by atoms with Crippen LogP contribution in [0.2, 0.25) is 5.02 Å². The van der Waals surface area contributed by atoms with Gasteiger partial charge in [-0.2, -0.15) is 0 Å². The molecule has 0 saturated carbocycles. The molecule has 0 saturated heterocycles. The third-order valence-electron chi connectivity index (χ3n) is 2.47. The summed E-state index contributed by atoms with van der Waals surface area (Å²) >= 11 is 6.06. The quantitative estimate of drug-likeness (QED) is 0.909. The Hall–Kier alpha value is -1.52. The molecule has 0 aliphatic heterocycles. The van der Waals surface area contributed by atoms with Crippen molar-refractivity contribution in [1.29, 1.82) is 0 Å². The Morgan fingerprint density at radius 2 is 2.29 bits per heavy atom. The number of benzene rings is 1. The van der Waals surface area contributed by atoms with Crippen LogP contribution in [-0.2, 0) is 13.1 Å². The molecule has 90 valence electrons. The van der Waals surface area contributed by atoms with Gasteiger partial charge >= 0.3 is 6.01 Å². The first-order valence-electron chi connectivity index (χ1n) is 5.42. The van der Waals surface area contributed by atoms with Gasteiger partial charge in [-0.05, 0) is 24.6 Å². The van der Waals surface area contributed by atoms with Gasteiger partial charge < -0.3 is 15.0 Å². The third kappa shape index (κ3) is 2.60. The number of hydrogen-bond donors (Lipinski definition) is 1. The van der Waals surface area contributed by atoms with Crippen LogP contribution in [0.5, 0.6) is 11.8 Å². The van der Waals surface area contributed by atoms with Crippen molar-refractivity contribution in [2.45, 2.75) is 20.0 Å². The first kappa shape index (κ1) is 12.0. The molecule has 1 heterocycles. The van der Waals surface area contributed by atoms with Crippen molar-refractivity contribution >= 4 is 11.6 Å². The first-order chi connectivity index (χ1) is 8.24. The fraction of sp³-hybridized carbons (Fsp3) is 0.250. The SMILES string of the molecule is CCn1ccnc1Oc1ccc(CN)c(Cl)c1. The molecule has 0 aliphatic rings. The van der Waals surface area contributed by atoms with Crippen molar-refractivity contribution in [1.82, 2.24) is 9.55 Å². The van der Waals surface area contributed by atoms with Crippen LogP contribution in [0.25, 0.3) is 0 Å². The van der Waals surface area contributed by atoms with E-state index in [1.165, 1.54) is 0 Å². The summed E-state index contributed by atoms with van der Waals surface area (Å²) in [6.45, 7) is 3.26. The normalized spacial score (nSPS) is 10.5. The summed E-state index contributed by atoms with van der Waals surface area (Å²) in [6.07, 6.45) is 3.57. The minimum absolute atomic E-state index is 0.419. The van der Waals surface area contributed by atoms with Gasteiger partial charge in [-0.15, -0.1) is 0 Å². The number of nitrogens with zero attached hydrogens (tertiary/aromatic N) is 2. The van der Waals surface area contributed by atoms with Crippen LogP contribution in [0.15, 0.2) is 30.6 Å². The largest absolute Gasteiger partial charge is 0.425 e. The van der Waals surface area contributed by atoms with Crippen LogP contribution in [0.3, 0.4) is 0 Å². The molecule has 0 amide bonds. The summed E-state index contributed by atoms with van der Waals surface area (Å²) in [6, 6.07) is 6.00. The Kier molecular flexibility index (Phi) is 3.66. The molecule has 0 radical (unpaired) electrons. The summed E-state index contributed by atoms with van der Waals surface area (Å²) < 4.78 is 7.55. The Morgan fingerprint density at radius 1 is 1.47 bits per heavy atom. The van der Waals surface area contributed by atoms with Crippen molar-refractivity contribution in [2.75, 3.05) is 0 Å². The first-order valence-corrected chi connectivity index (χ1v) is 5.80. The standard InChI is InChI=1S/C12H14ClN3O/c1-2-16-6-5-15-12(16)17-10-4-3-9(8-14)11(13)7-10/h3-7H,2,8,14H2,1H3. The van der Waals surface area contributed by atoms with Crippen molar-refractivity contribution in [2.24, 2.45) is 5.73 Å². The molecule has 5 heteroatoms. The fourth-order valence-corrected chi connectivity index (χ4v) is 1.75. The van der Waals surface area contributed by atoms with Crippen LogP contribution >= 0.6 is 11.6 Å². The minimum atomic E-state index is 0.419. The number of halogens is 1. The Bertz CT molecular complexity index is 510. The number of nitrogens with two attached hydrogens (primary N) is 1. The van der Waals surface area contributed by atoms with E-state index in [-0.39, 0.29) is 0 Å². The lowest BCUT2D eigenvalue weighted by atomic mass is 10.2. The van der Waals surface area contributed by atoms with Crippen LogP contribution in [-0.4, -0.2) is 9.55 Å². The van der Waals surface area contributed by atoms with E-state index in [1.807, 2.05) is 29.8 Å². The van der Waals surface area contributed by atoms with E-state index in [9.17, 15) is 0 Å². The van der Waals surface area contributed by atoms with Gasteiger partial charge in [-0.1, -0.05) is 17.7 Å². The lowest BCUT2D eigenvalue weighted by Gasteiger charge is -2.08. The highest BCUT2D eigenvalue weighted by molar-refractivity contribution is 6.31. The molecular weight excluding hydrogens is 238 g/mol. The van der Waals surface area contributed by atoms with Gasteiger partial charge in [0.15, 0.2) is 0 Å². The van der Waals surface area contributed by atoms with Gasteiger partial charge in [0.25, 0.3) is 0 Å². The summed E-state index contributed by atoms with van der Waals surface area (Å²) in [5.74, 6) is 0.660. The summed E-state index contributed by atoms with van der Waals surface area (Å²) in [5.41, 5.74) is 6.44. The monoisotopic (exact) mass is 251 g/mol. The Morgan fingerprint density at radius 3 is 2.94 bits per heavy atom. The minimum Gasteiger partial charge on any atom is -0.425 e. The molecule has 2 rings (SSSR count). The zero-order valence-electron chi connectivity index (χ0n) is 9.56. The second-order valence-electron chi connectivity index (χ2n) is 3.56. The lowest BCUT2D eigenvalue weighted by Crippen LogP contribution is -1.99. The fourth-order valence-electron chi connectivity index (χ4n) is 1.50. The van der Waals surface area contributed by atoms with Crippen molar-refractivity contribution in [3.05, 3.63) is 41.2 Å². The van der Waals surface area contributed by atoms with Crippen LogP contribution in [0.1, 0.15) is 12.5 Å². The van der Waals surface area contributed by atoms with E-state index in [2.05, 4.69) is 4.98 Å². The van der Waals surface area contributed by atoms with Gasteiger partial charge in [-0.25, -0.2) is 4.98 Å². The molecule has 17 heavy (non-hydrogen) atoms. The maximum absolute atomic E-state index is 6.06. The van der Waals surface area contributed by atoms with Crippen molar-refractivity contribution in [3.63, 3.8) is 0 Å². The predicted molar refractivity (Wildman–Crippen MR) is 67.3 cm³/mol. The molecule has 0 bridgehead atoms. The molecule has 0 atom stereocenters. The molecule has 2 N–H and O–H groups in total. The van der Waals surface area contributed by atoms with E-state index in [1.54, 1.807) is 12.3 Å². The van der Waals surface area contributed by atoms with E-state index in [0.29, 0.717) is 23.3 Å². The highest BCUT2D eigenvalue weighted by Crippen LogP contribution is 2.25. The molecular formula is C12H14ClN3O. The summed E-state index contributed by atoms with van der Waals surface area (Å²) in [7, 11) is 0. The van der Waals surface area contributed by atoms with Crippen molar-refractivity contribution < 1.29 is 4.74 Å². The smallest absolute Gasteiger partial charge is 0.301 e. The molecule has 0 aliphatic carbocycles. The highest BCUT2D eigenvalue weighted by atomic mass is 35.5. The molecule has 1 aromatic heterocycles. The predicted octanol–water partition coefficient (Wildman–Crippen LogP) is 2.81. The highest BCUT2D eigenvalue weighted by Gasteiger charge is 2.06. The molecule has 0 unspecified atom stereocenters. The second kappa shape index (κ2) is 5.21. The van der Waals surface area contributed by atoms with E-state index >= 15 is 0 Å². The number of rotatable bonds is 4. The number of imidazole rings is 1. The number of ether oxygens (including phenoxy) is 1. The average Bonchev–Trinajstić information content (AvgIpc) is 2.76. The molecule has 4 nitrogen and oxygen atoms in total. The molecule has 1 aromatic carbocycles. The van der Waals surface area contributed by atoms with Gasteiger partial charge in [0.2, 0.25) is 0 Å². The van der Waals surface area contributed by atoms with Gasteiger partial charge in [-0.3, -0.25) is 0 Å². The van der Waals surface area contributed by atoms with Crippen LogP contribution in [0.4, 0.5) is 0 Å². The lowest BCUT2D eigenvalue weighted by molar-refractivity contribution is 0.415. The van der Waals surface area contributed by atoms with Crippen LogP contribution in [0, 0.1) is 0 Å². The molecule has 2 aromatic rings. The summed E-state index contributed by atoms with van der Waals surface area (Å²) in [4.78, 5) is 4.13. The number of hydrogen-bond acceptors (Lipinski definition) is 3. The number of aromatic nitrogens is 2. The average molecular weight is 252 g/mol. The summed E-state index contributed by atoms with van der Waals surface area (Å²) in [5, 5.41) is 0.611. The van der Waals surface area contributed by atoms with E-state index < -0.39 is 0 Å². The maximum atomic E-state index is 6.06. The molecule has 0 fully saturated rings. The number of aryl methyl sites for hydroxylation is 1. The Balaban J connectivity index is 2.22. The zero-order valence-corrected chi connectivity index (χ0v) is 10.3. The zero-order chi connectivity index (χ0) is 12.3. The second-order valence-corrected chi connectivity index (χ2v) is 3.96. The van der Waals surface area contributed by atoms with Gasteiger partial charge in [0, 0.05) is 30.5 Å². The topological polar surface area (TPSA) is 53.1 Å².